The van der Waals surface area contributed by atoms with Gasteiger partial charge in [-0.05, 0) is 36.6 Å². The molecule has 0 saturated heterocycles. The maximum atomic E-state index is 12.4. The summed E-state index contributed by atoms with van der Waals surface area (Å²) in [6.07, 6.45) is 0. The Morgan fingerprint density at radius 1 is 0.720 bits per heavy atom. The molecule has 251 valence electrons. The first-order chi connectivity index (χ1) is 23.3. The Hall–Kier alpha value is -6.19. The molecule has 1 heterocycles. The van der Waals surface area contributed by atoms with Crippen LogP contribution in [0.2, 0.25) is 0 Å². The van der Waals surface area contributed by atoms with E-state index in [1.165, 1.54) is 10.7 Å². The van der Waals surface area contributed by atoms with Crippen molar-refractivity contribution in [3.8, 4) is 28.8 Å². The Labute approximate surface area is 297 Å². The summed E-state index contributed by atoms with van der Waals surface area (Å²) >= 11 is 0. The molecule has 16 nitrogen and oxygen atoms in total. The Morgan fingerprint density at radius 3 is 1.96 bits per heavy atom. The number of hydrogen-bond donors (Lipinski definition) is 0. The van der Waals surface area contributed by atoms with Gasteiger partial charge < -0.3 is 25.0 Å². The number of nitro benzene ring substituents is 1. The summed E-state index contributed by atoms with van der Waals surface area (Å²) in [5, 5.41) is 79.1. The molecule has 0 aliphatic rings. The Bertz CT molecular complexity index is 2380. The average Bonchev–Trinajstić information content (AvgIpc) is 3.36. The molecule has 0 atom stereocenters. The zero-order chi connectivity index (χ0) is 35.3. The van der Waals surface area contributed by atoms with Crippen molar-refractivity contribution in [1.82, 2.24) is 9.78 Å². The predicted molar refractivity (Wildman–Crippen MR) is 168 cm³/mol. The molecule has 0 unspecified atom stereocenters. The zero-order valence-corrected chi connectivity index (χ0v) is 27.5. The fraction of sp³-hybridized carbons (Fsp3) is 0.0312. The molecule has 0 spiro atoms. The van der Waals surface area contributed by atoms with Gasteiger partial charge in [0.15, 0.2) is 0 Å². The van der Waals surface area contributed by atoms with Crippen molar-refractivity contribution in [3.63, 3.8) is 0 Å². The standard InChI is InChI=1S/C16H13N5O4.C16H12N2O5S.Cr/c1-10-15(16(23)20(19-10)11-5-3-2-4-6-11)18-17-13-9-12(21(24)25)7-8-14(13)22;19-14-8-6-11(24(21,22)23)9-13(14)17-18-16-12-4-2-1-3-10(12)5-7-15(16)20;/h2-9,22-23H,1H3;1-9,19-20H,(H,21,22,23);/q;;+3/p-3. The average molecular weight is 733 g/mol. The molecule has 0 saturated carbocycles. The first kappa shape index (κ1) is 36.6. The number of nitro groups is 1. The van der Waals surface area contributed by atoms with E-state index >= 15 is 0 Å². The number of benzene rings is 5. The molecule has 0 aliphatic carbocycles. The molecule has 5 aromatic carbocycles. The van der Waals surface area contributed by atoms with Crippen LogP contribution in [-0.2, 0) is 27.5 Å². The smallest absolute Gasteiger partial charge is 0.871 e. The van der Waals surface area contributed by atoms with E-state index < -0.39 is 43.1 Å². The fourth-order valence-electron chi connectivity index (χ4n) is 4.33. The van der Waals surface area contributed by atoms with Crippen LogP contribution in [0.4, 0.5) is 28.4 Å². The second-order valence-corrected chi connectivity index (χ2v) is 11.4. The minimum absolute atomic E-state index is 0. The van der Waals surface area contributed by atoms with E-state index in [1.807, 2.05) is 6.07 Å². The van der Waals surface area contributed by atoms with Gasteiger partial charge in [-0.3, -0.25) is 10.1 Å². The largest absolute Gasteiger partial charge is 3.00 e. The summed E-state index contributed by atoms with van der Waals surface area (Å²) in [4.78, 5) is 9.55. The molecule has 0 bridgehead atoms. The van der Waals surface area contributed by atoms with Crippen LogP contribution in [0.3, 0.4) is 0 Å². The SMILES string of the molecule is Cc1nn(-c2ccccc2)c([O-])c1N=Nc1cc([N+](=O)[O-])ccc1[O-].O=S(=O)([O-])c1ccc([O-])c(N=Nc2c([O-])ccc3ccccc23)c1.[Cr+3].[H+].[H+]. The summed E-state index contributed by atoms with van der Waals surface area (Å²) in [7, 11) is -4.72. The summed E-state index contributed by atoms with van der Waals surface area (Å²) in [6, 6.07) is 24.5. The number of para-hydroxylation sites is 1. The minimum atomic E-state index is -4.72. The molecule has 6 aromatic rings. The predicted octanol–water partition coefficient (Wildman–Crippen LogP) is 5.18. The maximum absolute atomic E-state index is 12.4. The van der Waals surface area contributed by atoms with Crippen LogP contribution in [0.5, 0.6) is 23.1 Å². The van der Waals surface area contributed by atoms with E-state index in [0.717, 1.165) is 41.8 Å². The van der Waals surface area contributed by atoms with Crippen molar-refractivity contribution < 1.29 is 58.5 Å². The van der Waals surface area contributed by atoms with Crippen LogP contribution < -0.4 is 20.4 Å². The molecule has 0 aliphatic heterocycles. The van der Waals surface area contributed by atoms with E-state index in [2.05, 4.69) is 25.6 Å². The first-order valence-electron chi connectivity index (χ1n) is 13.9. The number of hydrogen-bond acceptors (Lipinski definition) is 14. The third kappa shape index (κ3) is 8.26. The monoisotopic (exact) mass is 732 g/mol. The van der Waals surface area contributed by atoms with Gasteiger partial charge in [-0.15, -0.1) is 5.11 Å². The molecule has 50 heavy (non-hydrogen) atoms. The van der Waals surface area contributed by atoms with Crippen molar-refractivity contribution in [2.45, 2.75) is 11.8 Å². The van der Waals surface area contributed by atoms with Crippen molar-refractivity contribution >= 4 is 49.3 Å². The molecule has 1 radical (unpaired) electrons. The summed E-state index contributed by atoms with van der Waals surface area (Å²) in [5.74, 6) is -2.03. The fourth-order valence-corrected chi connectivity index (χ4v) is 4.82. The van der Waals surface area contributed by atoms with Crippen molar-refractivity contribution in [2.75, 3.05) is 0 Å². The first-order valence-corrected chi connectivity index (χ1v) is 15.3. The zero-order valence-electron chi connectivity index (χ0n) is 27.4. The van der Waals surface area contributed by atoms with Crippen LogP contribution in [0.25, 0.3) is 16.5 Å². The van der Waals surface area contributed by atoms with Gasteiger partial charge >= 0.3 is 20.2 Å². The topological polar surface area (TPSA) is 260 Å². The van der Waals surface area contributed by atoms with Crippen LogP contribution in [-0.4, -0.2) is 27.7 Å². The van der Waals surface area contributed by atoms with Gasteiger partial charge in [0.2, 0.25) is 0 Å². The number of aromatic nitrogens is 2. The van der Waals surface area contributed by atoms with Crippen molar-refractivity contribution in [2.24, 2.45) is 20.5 Å². The van der Waals surface area contributed by atoms with Gasteiger partial charge in [-0.2, -0.15) is 20.4 Å². The van der Waals surface area contributed by atoms with E-state index in [0.29, 0.717) is 16.8 Å². The van der Waals surface area contributed by atoms with E-state index in [1.54, 1.807) is 61.5 Å². The van der Waals surface area contributed by atoms with Gasteiger partial charge in [0.05, 0.1) is 38.3 Å². The number of non-ortho nitro benzene ring substituents is 1. The number of azo groups is 2. The van der Waals surface area contributed by atoms with Crippen LogP contribution in [0, 0.1) is 17.0 Å². The number of nitrogens with zero attached hydrogens (tertiary/aromatic N) is 7. The van der Waals surface area contributed by atoms with Crippen LogP contribution in [0.1, 0.15) is 8.55 Å². The summed E-state index contributed by atoms with van der Waals surface area (Å²) in [5.41, 5.74) is 0.0531. The molecule has 18 heteroatoms. The maximum Gasteiger partial charge on any atom is 3.00 e. The Balaban J connectivity index is 0.000000341. The van der Waals surface area contributed by atoms with Crippen LogP contribution in [0.15, 0.2) is 128 Å². The van der Waals surface area contributed by atoms with E-state index in [4.69, 9.17) is 0 Å². The van der Waals surface area contributed by atoms with Gasteiger partial charge in [-0.1, -0.05) is 84.0 Å². The number of aryl methyl sites for hydroxylation is 1. The molecule has 1 aromatic heterocycles. The van der Waals surface area contributed by atoms with Crippen LogP contribution >= 0.6 is 0 Å². The van der Waals surface area contributed by atoms with Crippen molar-refractivity contribution in [3.05, 3.63) is 119 Å². The quantitative estimate of drug-likeness (QED) is 0.0898. The molecular weight excluding hydrogens is 710 g/mol. The second-order valence-electron chi connectivity index (χ2n) is 10.0. The van der Waals surface area contributed by atoms with E-state index in [9.17, 15) is 43.5 Å². The van der Waals surface area contributed by atoms with E-state index in [-0.39, 0.29) is 48.7 Å². The number of fused-ring (bicyclic) bond motifs is 1. The Morgan fingerprint density at radius 2 is 1.30 bits per heavy atom. The van der Waals surface area contributed by atoms with Gasteiger partial charge in [0, 0.05) is 23.4 Å². The summed E-state index contributed by atoms with van der Waals surface area (Å²) < 4.78 is 34.2. The normalized spacial score (nSPS) is 11.3. The summed E-state index contributed by atoms with van der Waals surface area (Å²) in [6.45, 7) is 1.58. The van der Waals surface area contributed by atoms with Crippen molar-refractivity contribution in [1.29, 1.82) is 0 Å². The van der Waals surface area contributed by atoms with Gasteiger partial charge in [0.25, 0.3) is 5.69 Å². The molecule has 0 amide bonds. The van der Waals surface area contributed by atoms with Gasteiger partial charge in [0.1, 0.15) is 15.8 Å². The van der Waals surface area contributed by atoms with Gasteiger partial charge in [-0.25, -0.2) is 13.1 Å². The minimum Gasteiger partial charge on any atom is -0.871 e. The molecule has 0 N–H and O–H groups in total. The third-order valence-electron chi connectivity index (χ3n) is 6.74. The third-order valence-corrected chi connectivity index (χ3v) is 7.57. The second kappa shape index (κ2) is 15.4. The molecule has 6 rings (SSSR count). The Kier molecular flexibility index (Phi) is 11.3. The molecule has 0 fully saturated rings. The molecular formula is C32H22CrN7O9S. The number of rotatable bonds is 7.